The molecule has 0 radical (unpaired) electrons. The molecule has 20 heavy (non-hydrogen) atoms. The minimum atomic E-state index is 0.165. The first-order valence-corrected chi connectivity index (χ1v) is 8.33. The van der Waals surface area contributed by atoms with Gasteiger partial charge in [0.25, 0.3) is 0 Å². The molecule has 3 nitrogen and oxygen atoms in total. The Hall–Kier alpha value is -1.20. The molecule has 0 fully saturated rings. The molecule has 0 unspecified atom stereocenters. The molecule has 2 aromatic rings. The van der Waals surface area contributed by atoms with Crippen molar-refractivity contribution in [3.63, 3.8) is 0 Å². The third-order valence-electron chi connectivity index (χ3n) is 3.05. The second-order valence-corrected chi connectivity index (χ2v) is 6.79. The van der Waals surface area contributed by atoms with Crippen LogP contribution in [0, 0.1) is 20.8 Å². The minimum Gasteiger partial charge on any atom is -0.293 e. The van der Waals surface area contributed by atoms with E-state index < -0.39 is 0 Å². The summed E-state index contributed by atoms with van der Waals surface area (Å²) in [5.74, 6) is 1.44. The van der Waals surface area contributed by atoms with Gasteiger partial charge < -0.3 is 0 Å². The summed E-state index contributed by atoms with van der Waals surface area (Å²) in [5.41, 5.74) is 4.16. The zero-order valence-corrected chi connectivity index (χ0v) is 13.8. The molecule has 1 aromatic heterocycles. The topological polar surface area (TPSA) is 42.9 Å². The van der Waals surface area contributed by atoms with E-state index in [1.165, 1.54) is 28.9 Å². The second kappa shape index (κ2) is 6.50. The molecule has 0 aliphatic rings. The third kappa shape index (κ3) is 3.46. The van der Waals surface area contributed by atoms with Crippen molar-refractivity contribution in [3.8, 4) is 0 Å². The van der Waals surface area contributed by atoms with E-state index >= 15 is 0 Å². The normalized spacial score (nSPS) is 10.8. The molecule has 0 atom stereocenters. The van der Waals surface area contributed by atoms with Crippen LogP contribution in [0.3, 0.4) is 0 Å². The van der Waals surface area contributed by atoms with Gasteiger partial charge in [-0.05, 0) is 43.4 Å². The molecule has 0 saturated heterocycles. The van der Waals surface area contributed by atoms with Gasteiger partial charge in [0.2, 0.25) is 0 Å². The lowest BCUT2D eigenvalue weighted by molar-refractivity contribution is 0.102. The largest absolute Gasteiger partial charge is 0.293 e. The maximum Gasteiger partial charge on any atom is 0.173 e. The van der Waals surface area contributed by atoms with Crippen LogP contribution in [0.2, 0.25) is 0 Å². The Balaban J connectivity index is 2.09. The molecule has 106 valence electrons. The lowest BCUT2D eigenvalue weighted by Crippen LogP contribution is -2.07. The number of carbonyl (C=O) groups excluding carboxylic acids is 1. The fourth-order valence-electron chi connectivity index (χ4n) is 2.26. The molecule has 2 rings (SSSR count). The van der Waals surface area contributed by atoms with Crippen LogP contribution in [0.1, 0.15) is 39.8 Å². The van der Waals surface area contributed by atoms with Crippen LogP contribution >= 0.6 is 23.3 Å². The van der Waals surface area contributed by atoms with E-state index in [4.69, 9.17) is 0 Å². The zero-order chi connectivity index (χ0) is 14.7. The molecule has 0 aliphatic carbocycles. The Bertz CT molecular complexity index is 612. The van der Waals surface area contributed by atoms with Gasteiger partial charge in [-0.2, -0.15) is 4.37 Å². The average Bonchev–Trinajstić information content (AvgIpc) is 2.83. The Labute approximate surface area is 128 Å². The number of hydrogen-bond donors (Lipinski definition) is 0. The first-order chi connectivity index (χ1) is 9.51. The summed E-state index contributed by atoms with van der Waals surface area (Å²) in [6.45, 7) is 8.08. The Kier molecular flexibility index (Phi) is 4.94. The molecule has 0 saturated carbocycles. The summed E-state index contributed by atoms with van der Waals surface area (Å²) in [6.07, 6.45) is 0.835. The molecule has 5 heteroatoms. The standard InChI is InChI=1S/C15H18N2OS2/c1-5-13-16-15(20-17-13)19-8-12(18)14-10(3)6-9(2)7-11(14)4/h6-7H,5,8H2,1-4H3. The van der Waals surface area contributed by atoms with E-state index in [1.807, 2.05) is 20.8 Å². The van der Waals surface area contributed by atoms with Crippen molar-refractivity contribution in [2.24, 2.45) is 0 Å². The quantitative estimate of drug-likeness (QED) is 0.618. The molecule has 1 aromatic carbocycles. The van der Waals surface area contributed by atoms with E-state index in [9.17, 15) is 4.79 Å². The van der Waals surface area contributed by atoms with Crippen LogP contribution < -0.4 is 0 Å². The van der Waals surface area contributed by atoms with Gasteiger partial charge in [-0.3, -0.25) is 4.79 Å². The van der Waals surface area contributed by atoms with Crippen LogP contribution in [0.4, 0.5) is 0 Å². The maximum atomic E-state index is 12.4. The van der Waals surface area contributed by atoms with E-state index in [0.29, 0.717) is 5.75 Å². The molecule has 0 aliphatic heterocycles. The third-order valence-corrected chi connectivity index (χ3v) is 4.92. The first kappa shape index (κ1) is 15.2. The Morgan fingerprint density at radius 2 is 1.90 bits per heavy atom. The molecule has 0 amide bonds. The molecular formula is C15H18N2OS2. The number of Topliss-reactive ketones (excluding diaryl/α,β-unsaturated/α-hetero) is 1. The summed E-state index contributed by atoms with van der Waals surface area (Å²) < 4.78 is 5.10. The SMILES string of the molecule is CCc1nsc(SCC(=O)c2c(C)cc(C)cc2C)n1. The van der Waals surface area contributed by atoms with Gasteiger partial charge in [0, 0.05) is 12.0 Å². The van der Waals surface area contributed by atoms with Crippen LogP contribution in [-0.2, 0) is 6.42 Å². The highest BCUT2D eigenvalue weighted by molar-refractivity contribution is 8.01. The number of rotatable bonds is 5. The van der Waals surface area contributed by atoms with Crippen molar-refractivity contribution < 1.29 is 4.79 Å². The fraction of sp³-hybridized carbons (Fsp3) is 0.400. The summed E-state index contributed by atoms with van der Waals surface area (Å²) in [4.78, 5) is 16.8. The first-order valence-electron chi connectivity index (χ1n) is 6.57. The van der Waals surface area contributed by atoms with Gasteiger partial charge in [-0.1, -0.05) is 36.4 Å². The van der Waals surface area contributed by atoms with Crippen LogP contribution in [0.25, 0.3) is 0 Å². The highest BCUT2D eigenvalue weighted by atomic mass is 32.2. The van der Waals surface area contributed by atoms with E-state index in [1.54, 1.807) is 0 Å². The fourth-order valence-corrected chi connectivity index (χ4v) is 3.83. The van der Waals surface area contributed by atoms with Gasteiger partial charge in [0.15, 0.2) is 10.1 Å². The minimum absolute atomic E-state index is 0.165. The number of ketones is 1. The monoisotopic (exact) mass is 306 g/mol. The smallest absolute Gasteiger partial charge is 0.173 e. The Morgan fingerprint density at radius 1 is 1.25 bits per heavy atom. The van der Waals surface area contributed by atoms with Gasteiger partial charge in [-0.25, -0.2) is 4.98 Å². The number of thioether (sulfide) groups is 1. The van der Waals surface area contributed by atoms with Crippen molar-refractivity contribution in [2.45, 2.75) is 38.5 Å². The molecule has 0 spiro atoms. The van der Waals surface area contributed by atoms with Gasteiger partial charge in [0.05, 0.1) is 5.75 Å². The zero-order valence-electron chi connectivity index (χ0n) is 12.2. The average molecular weight is 306 g/mol. The summed E-state index contributed by atoms with van der Waals surface area (Å²) in [6, 6.07) is 4.12. The number of nitrogens with zero attached hydrogens (tertiary/aromatic N) is 2. The van der Waals surface area contributed by atoms with Crippen molar-refractivity contribution in [1.29, 1.82) is 0 Å². The van der Waals surface area contributed by atoms with Gasteiger partial charge in [-0.15, -0.1) is 0 Å². The number of aromatic nitrogens is 2. The number of benzene rings is 1. The van der Waals surface area contributed by atoms with Gasteiger partial charge in [0.1, 0.15) is 5.82 Å². The molecule has 0 bridgehead atoms. The van der Waals surface area contributed by atoms with Crippen molar-refractivity contribution >= 4 is 29.1 Å². The molecule has 1 heterocycles. The van der Waals surface area contributed by atoms with E-state index in [2.05, 4.69) is 28.4 Å². The lowest BCUT2D eigenvalue weighted by atomic mass is 9.97. The number of hydrogen-bond acceptors (Lipinski definition) is 5. The highest BCUT2D eigenvalue weighted by Crippen LogP contribution is 2.24. The summed E-state index contributed by atoms with van der Waals surface area (Å²) in [5, 5.41) is 0. The number of carbonyl (C=O) groups is 1. The second-order valence-electron chi connectivity index (χ2n) is 4.82. The van der Waals surface area contributed by atoms with Crippen LogP contribution in [-0.4, -0.2) is 20.9 Å². The van der Waals surface area contributed by atoms with Crippen molar-refractivity contribution in [2.75, 3.05) is 5.75 Å². The van der Waals surface area contributed by atoms with Crippen molar-refractivity contribution in [1.82, 2.24) is 9.36 Å². The van der Waals surface area contributed by atoms with Crippen LogP contribution in [0.5, 0.6) is 0 Å². The number of aryl methyl sites for hydroxylation is 4. The summed E-state index contributed by atoms with van der Waals surface area (Å²) in [7, 11) is 0. The van der Waals surface area contributed by atoms with Crippen molar-refractivity contribution in [3.05, 3.63) is 40.2 Å². The van der Waals surface area contributed by atoms with E-state index in [0.717, 1.165) is 33.3 Å². The molecular weight excluding hydrogens is 288 g/mol. The van der Waals surface area contributed by atoms with Crippen LogP contribution in [0.15, 0.2) is 16.5 Å². The predicted molar refractivity (Wildman–Crippen MR) is 85.0 cm³/mol. The lowest BCUT2D eigenvalue weighted by Gasteiger charge is -2.09. The highest BCUT2D eigenvalue weighted by Gasteiger charge is 2.14. The molecule has 0 N–H and O–H groups in total. The predicted octanol–water partition coefficient (Wildman–Crippen LogP) is 4.00. The Morgan fingerprint density at radius 3 is 2.45 bits per heavy atom. The van der Waals surface area contributed by atoms with Gasteiger partial charge >= 0.3 is 0 Å². The summed E-state index contributed by atoms with van der Waals surface area (Å²) >= 11 is 2.85. The maximum absolute atomic E-state index is 12.4. The van der Waals surface area contributed by atoms with E-state index in [-0.39, 0.29) is 5.78 Å².